The van der Waals surface area contributed by atoms with E-state index in [-0.39, 0.29) is 46.7 Å². The summed E-state index contributed by atoms with van der Waals surface area (Å²) in [5.74, 6) is -0.244. The molecule has 1 aliphatic carbocycles. The molecular weight excluding hydrogens is 514 g/mol. The molecule has 1 aromatic heterocycles. The van der Waals surface area contributed by atoms with Crippen LogP contribution in [0.1, 0.15) is 49.7 Å². The number of carbonyl (C=O) groups is 2. The van der Waals surface area contributed by atoms with Gasteiger partial charge in [0.2, 0.25) is 17.8 Å². The van der Waals surface area contributed by atoms with E-state index in [1.807, 2.05) is 16.7 Å². The fourth-order valence-electron chi connectivity index (χ4n) is 5.79. The molecule has 5 rings (SSSR count). The fraction of sp³-hybridized carbons (Fsp3) is 0.571. The number of halogens is 4. The van der Waals surface area contributed by atoms with Crippen molar-refractivity contribution >= 4 is 17.8 Å². The molecule has 1 aromatic carbocycles. The van der Waals surface area contributed by atoms with Crippen LogP contribution in [0.4, 0.5) is 23.5 Å². The SMILES string of the molecule is CN(C[C@H]1CN(C(=O)C2CCN(C(=O)C3(C)CC3)CC2)C[C@@H]1c1ccc(F)cc1)c1ncc(C(F)(F)F)cn1. The zero-order valence-electron chi connectivity index (χ0n) is 22.1. The third kappa shape index (κ3) is 5.86. The van der Waals surface area contributed by atoms with E-state index >= 15 is 0 Å². The van der Waals surface area contributed by atoms with E-state index in [0.717, 1.165) is 30.8 Å². The summed E-state index contributed by atoms with van der Waals surface area (Å²) in [5.41, 5.74) is -0.235. The number of alkyl halides is 3. The molecule has 0 spiro atoms. The van der Waals surface area contributed by atoms with Gasteiger partial charge < -0.3 is 14.7 Å². The summed E-state index contributed by atoms with van der Waals surface area (Å²) in [5, 5.41) is 0. The summed E-state index contributed by atoms with van der Waals surface area (Å²) in [6, 6.07) is 6.23. The second-order valence-electron chi connectivity index (χ2n) is 11.4. The Bertz CT molecular complexity index is 1190. The highest BCUT2D eigenvalue weighted by Crippen LogP contribution is 2.47. The molecule has 3 heterocycles. The van der Waals surface area contributed by atoms with E-state index in [1.165, 1.54) is 12.1 Å². The van der Waals surface area contributed by atoms with Crippen LogP contribution < -0.4 is 4.90 Å². The van der Waals surface area contributed by atoms with E-state index in [2.05, 4.69) is 9.97 Å². The predicted molar refractivity (Wildman–Crippen MR) is 136 cm³/mol. The largest absolute Gasteiger partial charge is 0.419 e. The van der Waals surface area contributed by atoms with Crippen LogP contribution >= 0.6 is 0 Å². The second kappa shape index (κ2) is 10.4. The van der Waals surface area contributed by atoms with Gasteiger partial charge in [-0.3, -0.25) is 9.59 Å². The second-order valence-corrected chi connectivity index (χ2v) is 11.4. The van der Waals surface area contributed by atoms with Gasteiger partial charge in [0.1, 0.15) is 5.82 Å². The van der Waals surface area contributed by atoms with Crippen molar-refractivity contribution in [2.24, 2.45) is 17.3 Å². The third-order valence-electron chi connectivity index (χ3n) is 8.51. The standard InChI is InChI=1S/C28H33F4N5O2/c1-27(9-10-27)25(39)36-11-7-19(8-12-36)24(38)37-16-20(23(17-37)18-3-5-22(29)6-4-18)15-35(2)26-33-13-21(14-34-26)28(30,31)32/h3-6,13-14,19-20,23H,7-12,15-17H2,1-2H3/t20-,23+/m0/s1. The number of likely N-dealkylation sites (tertiary alicyclic amines) is 2. The highest BCUT2D eigenvalue weighted by molar-refractivity contribution is 5.85. The van der Waals surface area contributed by atoms with Gasteiger partial charge in [-0.05, 0) is 43.4 Å². The van der Waals surface area contributed by atoms with Gasteiger partial charge in [0, 0.05) is 75.3 Å². The lowest BCUT2D eigenvalue weighted by atomic mass is 9.88. The molecule has 2 aromatic rings. The molecule has 11 heteroatoms. The Morgan fingerprint density at radius 2 is 1.64 bits per heavy atom. The average molecular weight is 548 g/mol. The molecule has 7 nitrogen and oxygen atoms in total. The number of hydrogen-bond donors (Lipinski definition) is 0. The van der Waals surface area contributed by atoms with Crippen LogP contribution in [-0.4, -0.2) is 71.4 Å². The van der Waals surface area contributed by atoms with Gasteiger partial charge in [0.05, 0.1) is 5.56 Å². The number of piperidine rings is 1. The lowest BCUT2D eigenvalue weighted by molar-refractivity contribution is -0.142. The number of rotatable bonds is 6. The maximum Gasteiger partial charge on any atom is 0.419 e. The Morgan fingerprint density at radius 3 is 2.21 bits per heavy atom. The minimum atomic E-state index is -4.52. The first-order chi connectivity index (χ1) is 18.4. The first kappa shape index (κ1) is 27.3. The van der Waals surface area contributed by atoms with Gasteiger partial charge in [-0.15, -0.1) is 0 Å². The zero-order valence-corrected chi connectivity index (χ0v) is 22.1. The Hall–Kier alpha value is -3.24. The van der Waals surface area contributed by atoms with Crippen LogP contribution in [0.3, 0.4) is 0 Å². The Labute approximate surface area is 225 Å². The molecule has 2 amide bonds. The van der Waals surface area contributed by atoms with Crippen LogP contribution in [0.5, 0.6) is 0 Å². The normalized spacial score (nSPS) is 23.1. The fourth-order valence-corrected chi connectivity index (χ4v) is 5.79. The number of nitrogens with zero attached hydrogens (tertiary/aromatic N) is 5. The van der Waals surface area contributed by atoms with Gasteiger partial charge in [-0.2, -0.15) is 13.2 Å². The van der Waals surface area contributed by atoms with Crippen LogP contribution in [0, 0.1) is 23.1 Å². The molecule has 0 N–H and O–H groups in total. The van der Waals surface area contributed by atoms with Gasteiger partial charge in [-0.25, -0.2) is 14.4 Å². The van der Waals surface area contributed by atoms with Crippen molar-refractivity contribution in [2.75, 3.05) is 44.7 Å². The number of hydrogen-bond acceptors (Lipinski definition) is 5. The van der Waals surface area contributed by atoms with Crippen molar-refractivity contribution in [3.8, 4) is 0 Å². The van der Waals surface area contributed by atoms with E-state index in [9.17, 15) is 27.2 Å². The van der Waals surface area contributed by atoms with Crippen molar-refractivity contribution in [1.82, 2.24) is 19.8 Å². The topological polar surface area (TPSA) is 69.6 Å². The number of benzene rings is 1. The smallest absolute Gasteiger partial charge is 0.344 e. The van der Waals surface area contributed by atoms with Gasteiger partial charge in [0.25, 0.3) is 0 Å². The molecule has 2 atom stereocenters. The average Bonchev–Trinajstić information content (AvgIpc) is 3.54. The molecule has 2 aliphatic heterocycles. The number of anilines is 1. The molecular formula is C28H33F4N5O2. The van der Waals surface area contributed by atoms with Crippen LogP contribution in [0.15, 0.2) is 36.7 Å². The predicted octanol–water partition coefficient (Wildman–Crippen LogP) is 4.35. The molecule has 0 unspecified atom stereocenters. The molecule has 0 radical (unpaired) electrons. The number of amides is 2. The molecule has 0 bridgehead atoms. The van der Waals surface area contributed by atoms with Crippen molar-refractivity contribution in [3.63, 3.8) is 0 Å². The number of aromatic nitrogens is 2. The third-order valence-corrected chi connectivity index (χ3v) is 8.51. The molecule has 3 fully saturated rings. The van der Waals surface area contributed by atoms with Crippen LogP contribution in [0.2, 0.25) is 0 Å². The van der Waals surface area contributed by atoms with E-state index in [4.69, 9.17) is 0 Å². The summed E-state index contributed by atoms with van der Waals surface area (Å²) in [6.07, 6.45) is 0.122. The summed E-state index contributed by atoms with van der Waals surface area (Å²) in [7, 11) is 1.71. The first-order valence-corrected chi connectivity index (χ1v) is 13.4. The molecule has 3 aliphatic rings. The minimum Gasteiger partial charge on any atom is -0.344 e. The summed E-state index contributed by atoms with van der Waals surface area (Å²) < 4.78 is 52.4. The van der Waals surface area contributed by atoms with Gasteiger partial charge in [-0.1, -0.05) is 19.1 Å². The summed E-state index contributed by atoms with van der Waals surface area (Å²) in [4.78, 5) is 39.5. The highest BCUT2D eigenvalue weighted by Gasteiger charge is 2.48. The molecule has 210 valence electrons. The first-order valence-electron chi connectivity index (χ1n) is 13.4. The van der Waals surface area contributed by atoms with Crippen molar-refractivity contribution in [2.45, 2.75) is 44.7 Å². The van der Waals surface area contributed by atoms with Crippen molar-refractivity contribution in [3.05, 3.63) is 53.6 Å². The van der Waals surface area contributed by atoms with Crippen LogP contribution in [0.25, 0.3) is 0 Å². The van der Waals surface area contributed by atoms with Crippen molar-refractivity contribution in [1.29, 1.82) is 0 Å². The highest BCUT2D eigenvalue weighted by atomic mass is 19.4. The summed E-state index contributed by atoms with van der Waals surface area (Å²) in [6.45, 7) is 4.49. The monoisotopic (exact) mass is 547 g/mol. The van der Waals surface area contributed by atoms with E-state index in [1.54, 1.807) is 24.1 Å². The van der Waals surface area contributed by atoms with Gasteiger partial charge in [0.15, 0.2) is 0 Å². The molecule has 2 saturated heterocycles. The molecule has 1 saturated carbocycles. The van der Waals surface area contributed by atoms with Crippen molar-refractivity contribution < 1.29 is 27.2 Å². The van der Waals surface area contributed by atoms with Gasteiger partial charge >= 0.3 is 6.18 Å². The van der Waals surface area contributed by atoms with E-state index in [0.29, 0.717) is 45.6 Å². The summed E-state index contributed by atoms with van der Waals surface area (Å²) >= 11 is 0. The maximum absolute atomic E-state index is 13.6. The Balaban J connectivity index is 1.27. The maximum atomic E-state index is 13.6. The quantitative estimate of drug-likeness (QED) is 0.503. The lowest BCUT2D eigenvalue weighted by Crippen LogP contribution is -2.46. The van der Waals surface area contributed by atoms with E-state index < -0.39 is 11.7 Å². The molecule has 39 heavy (non-hydrogen) atoms. The minimum absolute atomic E-state index is 0.0581. The Kier molecular flexibility index (Phi) is 7.28. The number of carbonyl (C=O) groups excluding carboxylic acids is 2. The lowest BCUT2D eigenvalue weighted by Gasteiger charge is -2.34. The van der Waals surface area contributed by atoms with Crippen LogP contribution in [-0.2, 0) is 15.8 Å². The Morgan fingerprint density at radius 1 is 1.03 bits per heavy atom. The zero-order chi connectivity index (χ0) is 27.9.